The number of hydrogen-bond donors (Lipinski definition) is 1. The van der Waals surface area contributed by atoms with E-state index < -0.39 is 0 Å². The van der Waals surface area contributed by atoms with Gasteiger partial charge in [0.05, 0.1) is 0 Å². The van der Waals surface area contributed by atoms with Gasteiger partial charge in [0, 0.05) is 0 Å². The van der Waals surface area contributed by atoms with Crippen molar-refractivity contribution in [3.63, 3.8) is 0 Å². The Morgan fingerprint density at radius 1 is 1.28 bits per heavy atom. The Morgan fingerprint density at radius 2 is 2.06 bits per heavy atom. The molecule has 0 amide bonds. The van der Waals surface area contributed by atoms with Crippen molar-refractivity contribution >= 4 is 32.5 Å². The summed E-state index contributed by atoms with van der Waals surface area (Å²) >= 11 is 0.287. The molecule has 1 saturated heterocycles. The Hall–Kier alpha value is -0.0516. The van der Waals surface area contributed by atoms with Gasteiger partial charge in [-0.05, 0) is 0 Å². The minimum atomic E-state index is 0. The molecule has 1 radical (unpaired) electrons. The molecule has 0 atom stereocenters. The zero-order valence-corrected chi connectivity index (χ0v) is 13.2. The maximum atomic E-state index is 5.65. The first-order valence-electron chi connectivity index (χ1n) is 6.15. The first-order valence-corrected chi connectivity index (χ1v) is 8.41. The second-order valence-corrected chi connectivity index (χ2v) is 6.89. The van der Waals surface area contributed by atoms with E-state index in [2.05, 4.69) is 29.2 Å². The Balaban J connectivity index is 0.00000162. The summed E-state index contributed by atoms with van der Waals surface area (Å²) in [6.45, 7) is 5.88. The van der Waals surface area contributed by atoms with E-state index in [4.69, 9.17) is 10.5 Å². The van der Waals surface area contributed by atoms with Gasteiger partial charge in [0.2, 0.25) is 0 Å². The number of nitrogens with zero attached hydrogens (tertiary/aromatic N) is 1. The van der Waals surface area contributed by atoms with Crippen LogP contribution in [-0.4, -0.2) is 53.5 Å². The predicted octanol–water partition coefficient (Wildman–Crippen LogP) is 0.647. The van der Waals surface area contributed by atoms with Crippen LogP contribution < -0.4 is 10.1 Å². The second kappa shape index (κ2) is 8.95. The molecule has 18 heavy (non-hydrogen) atoms. The molecule has 0 aromatic heterocycles. The summed E-state index contributed by atoms with van der Waals surface area (Å²) in [5.41, 5.74) is 6.91. The van der Waals surface area contributed by atoms with Crippen LogP contribution in [0.25, 0.3) is 0 Å². The van der Waals surface area contributed by atoms with E-state index >= 15 is 0 Å². The zero-order chi connectivity index (χ0) is 11.9. The molecule has 0 saturated carbocycles. The quantitative estimate of drug-likeness (QED) is 0.805. The van der Waals surface area contributed by atoms with E-state index in [1.165, 1.54) is 21.7 Å². The summed E-state index contributed by atoms with van der Waals surface area (Å²) < 4.78 is 6.84. The monoisotopic (exact) mass is 331 g/mol. The van der Waals surface area contributed by atoms with Gasteiger partial charge in [0.15, 0.2) is 0 Å². The molecule has 0 unspecified atom stereocenters. The normalized spacial score (nSPS) is 16.9. The third-order valence-electron chi connectivity index (χ3n) is 2.96. The van der Waals surface area contributed by atoms with Crippen molar-refractivity contribution in [2.75, 3.05) is 32.8 Å². The van der Waals surface area contributed by atoms with Crippen LogP contribution in [0, 0.1) is 0 Å². The number of morpholine rings is 1. The van der Waals surface area contributed by atoms with Gasteiger partial charge in [0.25, 0.3) is 0 Å². The fourth-order valence-corrected chi connectivity index (χ4v) is 4.21. The summed E-state index contributed by atoms with van der Waals surface area (Å²) in [6, 6.07) is 8.73. The standard InChI is InChI=1S/C13H20AsN2O.ClH/c15-11-12-2-1-3-13(10-12)14-4-5-16-6-8-17-9-7-16;/h1-3,10H,4-9,11,15H2;1H. The minimum absolute atomic E-state index is 0. The van der Waals surface area contributed by atoms with Gasteiger partial charge in [-0.3, -0.25) is 0 Å². The van der Waals surface area contributed by atoms with Crippen LogP contribution in [0.4, 0.5) is 0 Å². The summed E-state index contributed by atoms with van der Waals surface area (Å²) in [4.78, 5) is 2.51. The van der Waals surface area contributed by atoms with Gasteiger partial charge < -0.3 is 0 Å². The number of hydrogen-bond acceptors (Lipinski definition) is 3. The van der Waals surface area contributed by atoms with Gasteiger partial charge in [0.1, 0.15) is 0 Å². The van der Waals surface area contributed by atoms with Crippen LogP contribution in [-0.2, 0) is 11.3 Å². The third-order valence-corrected chi connectivity index (χ3v) is 5.20. The second-order valence-electron chi connectivity index (χ2n) is 4.21. The van der Waals surface area contributed by atoms with Crippen LogP contribution in [0.15, 0.2) is 24.3 Å². The molecule has 1 heterocycles. The van der Waals surface area contributed by atoms with Crippen molar-refractivity contribution in [2.24, 2.45) is 5.73 Å². The van der Waals surface area contributed by atoms with Crippen molar-refractivity contribution < 1.29 is 4.74 Å². The Kier molecular flexibility index (Phi) is 7.96. The molecular weight excluding hydrogens is 311 g/mol. The Bertz CT molecular complexity index is 346. The van der Waals surface area contributed by atoms with E-state index in [1.807, 2.05) is 0 Å². The van der Waals surface area contributed by atoms with Gasteiger partial charge in [-0.1, -0.05) is 0 Å². The van der Waals surface area contributed by atoms with E-state index in [0.717, 1.165) is 26.3 Å². The molecule has 5 heteroatoms. The molecule has 2 rings (SSSR count). The van der Waals surface area contributed by atoms with E-state index in [0.29, 0.717) is 6.54 Å². The number of nitrogens with two attached hydrogens (primary N) is 1. The molecule has 0 bridgehead atoms. The molecule has 2 N–H and O–H groups in total. The molecule has 3 nitrogen and oxygen atoms in total. The molecule has 1 aliphatic heterocycles. The first-order chi connectivity index (χ1) is 8.38. The first kappa shape index (κ1) is 16.0. The summed E-state index contributed by atoms with van der Waals surface area (Å²) in [5.74, 6) is 0. The van der Waals surface area contributed by atoms with E-state index in [1.54, 1.807) is 0 Å². The molecular formula is C13H21AsClN2O. The van der Waals surface area contributed by atoms with Crippen LogP contribution in [0.5, 0.6) is 0 Å². The fraction of sp³-hybridized carbons (Fsp3) is 0.538. The number of benzene rings is 1. The zero-order valence-electron chi connectivity index (χ0n) is 10.5. The molecule has 1 aliphatic rings. The average molecular weight is 332 g/mol. The van der Waals surface area contributed by atoms with Crippen molar-refractivity contribution in [3.05, 3.63) is 29.8 Å². The van der Waals surface area contributed by atoms with E-state index in [-0.39, 0.29) is 28.2 Å². The molecule has 1 aromatic carbocycles. The average Bonchev–Trinajstić information content (AvgIpc) is 2.40. The topological polar surface area (TPSA) is 38.5 Å². The summed E-state index contributed by atoms with van der Waals surface area (Å²) in [5, 5.41) is 1.31. The van der Waals surface area contributed by atoms with Crippen LogP contribution in [0.3, 0.4) is 0 Å². The van der Waals surface area contributed by atoms with Gasteiger partial charge in [-0.2, -0.15) is 0 Å². The van der Waals surface area contributed by atoms with E-state index in [9.17, 15) is 0 Å². The van der Waals surface area contributed by atoms with Crippen LogP contribution in [0.1, 0.15) is 5.56 Å². The molecule has 0 aliphatic carbocycles. The van der Waals surface area contributed by atoms with Crippen LogP contribution in [0.2, 0.25) is 5.21 Å². The molecule has 0 spiro atoms. The number of rotatable bonds is 5. The predicted molar refractivity (Wildman–Crippen MR) is 79.0 cm³/mol. The Morgan fingerprint density at radius 3 is 2.78 bits per heavy atom. The Labute approximate surface area is 122 Å². The van der Waals surface area contributed by atoms with Gasteiger partial charge in [-0.15, -0.1) is 12.4 Å². The fourth-order valence-electron chi connectivity index (χ4n) is 1.93. The third kappa shape index (κ3) is 5.29. The molecule has 101 valence electrons. The molecule has 1 fully saturated rings. The maximum absolute atomic E-state index is 5.65. The van der Waals surface area contributed by atoms with Crippen molar-refractivity contribution in [1.29, 1.82) is 0 Å². The number of halogens is 1. The van der Waals surface area contributed by atoms with Gasteiger partial charge in [-0.25, -0.2) is 0 Å². The number of ether oxygens (including phenoxy) is 1. The molecule has 1 aromatic rings. The SMILES string of the molecule is Cl.NCc1cccc([As]CCN2CCOCC2)c1. The summed E-state index contributed by atoms with van der Waals surface area (Å²) in [6.07, 6.45) is 0. The van der Waals surface area contributed by atoms with Crippen molar-refractivity contribution in [1.82, 2.24) is 4.90 Å². The van der Waals surface area contributed by atoms with Crippen molar-refractivity contribution in [2.45, 2.75) is 11.8 Å². The summed E-state index contributed by atoms with van der Waals surface area (Å²) in [7, 11) is 0. The van der Waals surface area contributed by atoms with Crippen LogP contribution >= 0.6 is 12.4 Å². The van der Waals surface area contributed by atoms with Crippen molar-refractivity contribution in [3.8, 4) is 0 Å². The van der Waals surface area contributed by atoms with Gasteiger partial charge >= 0.3 is 110 Å².